The molecule has 0 N–H and O–H groups in total. The first-order chi connectivity index (χ1) is 12.9. The molecule has 3 saturated carbocycles. The van der Waals surface area contributed by atoms with Gasteiger partial charge in [-0.3, -0.25) is 4.79 Å². The van der Waals surface area contributed by atoms with E-state index in [1.54, 1.807) is 9.81 Å². The molecule has 1 unspecified atom stereocenters. The average Bonchev–Trinajstić information content (AvgIpc) is 2.93. The van der Waals surface area contributed by atoms with Gasteiger partial charge in [-0.2, -0.15) is 0 Å². The average molecular weight is 405 g/mol. The Hall–Kier alpha value is -0.150. The molecule has 0 spiro atoms. The first-order valence-corrected chi connectivity index (χ1v) is 13.0. The normalized spacial score (nSPS) is 44.1. The summed E-state index contributed by atoms with van der Waals surface area (Å²) in [6.07, 6.45) is 8.07. The minimum atomic E-state index is -0.0284. The highest BCUT2D eigenvalue weighted by molar-refractivity contribution is 8.06. The van der Waals surface area contributed by atoms with E-state index in [4.69, 9.17) is 0 Å². The molecule has 0 aromatic heterocycles. The number of ketones is 1. The number of rotatable bonds is 4. The van der Waals surface area contributed by atoms with E-state index < -0.39 is 0 Å². The lowest BCUT2D eigenvalue weighted by Crippen LogP contribution is -2.53. The molecule has 6 atom stereocenters. The van der Waals surface area contributed by atoms with Crippen LogP contribution in [0, 0.1) is 34.5 Å². The number of Topliss-reactive ketones (excluding diaryl/α,β-unsaturated/α-hetero) is 1. The lowest BCUT2D eigenvalue weighted by molar-refractivity contribution is -0.133. The van der Waals surface area contributed by atoms with Gasteiger partial charge in [0.25, 0.3) is 0 Å². The maximum Gasteiger partial charge on any atom is 0.139 e. The second kappa shape index (κ2) is 7.27. The summed E-state index contributed by atoms with van der Waals surface area (Å²) in [4.78, 5) is 16.0. The Labute approximate surface area is 174 Å². The zero-order valence-corrected chi connectivity index (χ0v) is 19.2. The molecule has 0 aromatic rings. The summed E-state index contributed by atoms with van der Waals surface area (Å²) in [6, 6.07) is 0. The van der Waals surface area contributed by atoms with Gasteiger partial charge in [0.1, 0.15) is 5.78 Å². The molecule has 4 rings (SSSR count). The largest absolute Gasteiger partial charge is 0.299 e. The SMILES string of the molecule is C=C1C[C@@H]2[C@H](CC[C@]3(C)C(=O)CC[C@@H]23)[C@@]2(C)CCC(SCC)=C(SCC)C12. The molecule has 3 heteroatoms. The summed E-state index contributed by atoms with van der Waals surface area (Å²) in [7, 11) is 0. The first-order valence-electron chi connectivity index (χ1n) is 11.1. The molecule has 4 aliphatic carbocycles. The maximum atomic E-state index is 12.7. The minimum Gasteiger partial charge on any atom is -0.299 e. The van der Waals surface area contributed by atoms with Crippen molar-refractivity contribution in [2.75, 3.05) is 11.5 Å². The molecule has 4 aliphatic rings. The highest BCUT2D eigenvalue weighted by atomic mass is 32.2. The van der Waals surface area contributed by atoms with E-state index in [0.29, 0.717) is 29.0 Å². The second-order valence-electron chi connectivity index (χ2n) is 9.75. The van der Waals surface area contributed by atoms with Crippen molar-refractivity contribution >= 4 is 29.3 Å². The van der Waals surface area contributed by atoms with Crippen LogP contribution in [0.2, 0.25) is 0 Å². The zero-order valence-electron chi connectivity index (χ0n) is 17.6. The molecule has 0 bridgehead atoms. The van der Waals surface area contributed by atoms with Gasteiger partial charge in [0.15, 0.2) is 0 Å². The molecule has 0 saturated heterocycles. The van der Waals surface area contributed by atoms with Crippen molar-refractivity contribution in [3.8, 4) is 0 Å². The zero-order chi connectivity index (χ0) is 19.4. The topological polar surface area (TPSA) is 17.1 Å². The quantitative estimate of drug-likeness (QED) is 0.465. The summed E-state index contributed by atoms with van der Waals surface area (Å²) >= 11 is 4.16. The summed E-state index contributed by atoms with van der Waals surface area (Å²) in [6.45, 7) is 14.1. The Morgan fingerprint density at radius 2 is 1.78 bits per heavy atom. The third kappa shape index (κ3) is 2.93. The van der Waals surface area contributed by atoms with Gasteiger partial charge in [0.05, 0.1) is 0 Å². The number of carbonyl (C=O) groups is 1. The van der Waals surface area contributed by atoms with Crippen LogP contribution in [-0.4, -0.2) is 17.3 Å². The van der Waals surface area contributed by atoms with E-state index in [9.17, 15) is 4.79 Å². The third-order valence-electron chi connectivity index (χ3n) is 8.60. The summed E-state index contributed by atoms with van der Waals surface area (Å²) in [5.74, 6) is 5.52. The van der Waals surface area contributed by atoms with Crippen molar-refractivity contribution in [3.63, 3.8) is 0 Å². The van der Waals surface area contributed by atoms with Crippen LogP contribution in [0.5, 0.6) is 0 Å². The molecule has 0 aliphatic heterocycles. The molecular formula is C24H36OS2. The fourth-order valence-electron chi connectivity index (χ4n) is 7.38. The van der Waals surface area contributed by atoms with Crippen molar-refractivity contribution in [2.24, 2.45) is 34.5 Å². The first kappa shape index (κ1) is 20.1. The molecule has 3 fully saturated rings. The minimum absolute atomic E-state index is 0.0284. The number of hydrogen-bond donors (Lipinski definition) is 0. The molecule has 1 nitrogen and oxygen atoms in total. The van der Waals surface area contributed by atoms with Crippen LogP contribution in [-0.2, 0) is 4.79 Å². The highest BCUT2D eigenvalue weighted by Crippen LogP contribution is 2.68. The second-order valence-corrected chi connectivity index (χ2v) is 12.4. The fraction of sp³-hybridized carbons (Fsp3) is 0.792. The van der Waals surface area contributed by atoms with Gasteiger partial charge in [-0.25, -0.2) is 0 Å². The number of allylic oxidation sites excluding steroid dienone is 3. The van der Waals surface area contributed by atoms with Crippen molar-refractivity contribution in [1.29, 1.82) is 0 Å². The van der Waals surface area contributed by atoms with Gasteiger partial charge in [-0.05, 0) is 78.1 Å². The predicted octanol–water partition coefficient (Wildman–Crippen LogP) is 7.09. The Balaban J connectivity index is 1.72. The molecule has 0 amide bonds. The Morgan fingerprint density at radius 3 is 2.48 bits per heavy atom. The summed E-state index contributed by atoms with van der Waals surface area (Å²) in [5.41, 5.74) is 1.80. The van der Waals surface area contributed by atoms with Crippen LogP contribution >= 0.6 is 23.5 Å². The monoisotopic (exact) mass is 404 g/mol. The van der Waals surface area contributed by atoms with Crippen molar-refractivity contribution in [2.45, 2.75) is 72.6 Å². The molecule has 0 aromatic carbocycles. The van der Waals surface area contributed by atoms with E-state index in [1.807, 2.05) is 0 Å². The fourth-order valence-corrected chi connectivity index (χ4v) is 9.77. The van der Waals surface area contributed by atoms with E-state index in [-0.39, 0.29) is 5.41 Å². The lowest BCUT2D eigenvalue weighted by atomic mass is 9.45. The van der Waals surface area contributed by atoms with E-state index in [1.165, 1.54) is 30.6 Å². The van der Waals surface area contributed by atoms with Gasteiger partial charge >= 0.3 is 0 Å². The van der Waals surface area contributed by atoms with Gasteiger partial charge in [0.2, 0.25) is 0 Å². The predicted molar refractivity (Wildman–Crippen MR) is 120 cm³/mol. The molecule has 0 radical (unpaired) electrons. The van der Waals surface area contributed by atoms with Gasteiger partial charge in [-0.1, -0.05) is 39.8 Å². The van der Waals surface area contributed by atoms with Crippen molar-refractivity contribution in [1.82, 2.24) is 0 Å². The molecule has 27 heavy (non-hydrogen) atoms. The molecular weight excluding hydrogens is 368 g/mol. The number of thioether (sulfide) groups is 2. The van der Waals surface area contributed by atoms with Gasteiger partial charge < -0.3 is 0 Å². The summed E-state index contributed by atoms with van der Waals surface area (Å²) in [5, 5.41) is 0. The van der Waals surface area contributed by atoms with Crippen LogP contribution < -0.4 is 0 Å². The van der Waals surface area contributed by atoms with Crippen LogP contribution in [0.1, 0.15) is 72.6 Å². The van der Waals surface area contributed by atoms with E-state index in [2.05, 4.69) is 57.8 Å². The maximum absolute atomic E-state index is 12.7. The van der Waals surface area contributed by atoms with Crippen LogP contribution in [0.15, 0.2) is 22.0 Å². The third-order valence-corrected chi connectivity index (χ3v) is 10.9. The Morgan fingerprint density at radius 1 is 1.04 bits per heavy atom. The van der Waals surface area contributed by atoms with E-state index >= 15 is 0 Å². The van der Waals surface area contributed by atoms with Crippen LogP contribution in [0.3, 0.4) is 0 Å². The number of carbonyl (C=O) groups excluding carboxylic acids is 1. The van der Waals surface area contributed by atoms with Crippen LogP contribution in [0.25, 0.3) is 0 Å². The molecule has 150 valence electrons. The molecule has 0 heterocycles. The van der Waals surface area contributed by atoms with Crippen molar-refractivity contribution in [3.05, 3.63) is 22.0 Å². The van der Waals surface area contributed by atoms with Gasteiger partial charge in [0, 0.05) is 22.7 Å². The van der Waals surface area contributed by atoms with E-state index in [0.717, 1.165) is 37.4 Å². The summed E-state index contributed by atoms with van der Waals surface area (Å²) < 4.78 is 0. The lowest BCUT2D eigenvalue weighted by Gasteiger charge is -2.60. The van der Waals surface area contributed by atoms with Crippen LogP contribution in [0.4, 0.5) is 0 Å². The highest BCUT2D eigenvalue weighted by Gasteiger charge is 2.61. The van der Waals surface area contributed by atoms with Crippen molar-refractivity contribution < 1.29 is 4.79 Å². The van der Waals surface area contributed by atoms with Gasteiger partial charge in [-0.15, -0.1) is 23.5 Å². The smallest absolute Gasteiger partial charge is 0.139 e. The standard InChI is InChI=1S/C24H36OS2/c1-6-26-19-11-13-24(5)18-10-12-23(4)17(8-9-20(23)25)16(18)14-15(3)21(24)22(19)27-7-2/h16-18,21H,3,6-14H2,1-2,4-5H3/t16-,17-,18-,21?,23-,24+/m0/s1. The Bertz CT molecular complexity index is 680. The number of fused-ring (bicyclic) bond motifs is 5. The Kier molecular flexibility index (Phi) is 5.42. The number of hydrogen-bond acceptors (Lipinski definition) is 3.